The number of ether oxygens (including phenoxy) is 4. The molecule has 4 atom stereocenters. The summed E-state index contributed by atoms with van der Waals surface area (Å²) in [5.74, 6) is -0.704. The first-order chi connectivity index (χ1) is 21.0. The number of benzene rings is 1. The Balaban J connectivity index is 1.61. The van der Waals surface area contributed by atoms with Crippen LogP contribution in [0.5, 0.6) is 0 Å². The number of hydrogen-bond acceptors (Lipinski definition) is 13. The van der Waals surface area contributed by atoms with Gasteiger partial charge in [0.1, 0.15) is 11.9 Å². The summed E-state index contributed by atoms with van der Waals surface area (Å²) in [4.78, 5) is 35.1. The average Bonchev–Trinajstić information content (AvgIpc) is 3.52. The van der Waals surface area contributed by atoms with E-state index in [0.717, 1.165) is 5.56 Å². The first kappa shape index (κ1) is 33.8. The number of carbonyl (C=O) groups excluding carboxylic acids is 2. The molecular weight excluding hydrogens is 617 g/mol. The van der Waals surface area contributed by atoms with E-state index in [1.54, 1.807) is 20.0 Å². The molecule has 2 aromatic heterocycles. The standard InChI is InChI=1S/C28H37ClN5O9P/c1-6-39-44(37,40-7-2)14-13-38-17-22-23(41-18(3)35)24(42-19(4)36)27(43-22)34-26-21(15-30-34)25(31-28(29)32-26)33(5)16-20-11-9-8-10-12-20/h8-12,15,22-24,27H,6-7,13-14,16-17H2,1-5H3/t22-,23-,24-,27?/m1/s1. The largest absolute Gasteiger partial charge is 0.456 e. The highest BCUT2D eigenvalue weighted by atomic mass is 35.5. The zero-order valence-corrected chi connectivity index (χ0v) is 26.9. The van der Waals surface area contributed by atoms with Gasteiger partial charge < -0.3 is 32.9 Å². The number of esters is 2. The molecular formula is C28H37ClN5O9P. The normalized spacial score (nSPS) is 20.1. The number of rotatable bonds is 15. The summed E-state index contributed by atoms with van der Waals surface area (Å²) in [6.07, 6.45) is -2.53. The minimum Gasteiger partial charge on any atom is -0.456 e. The molecule has 0 saturated carbocycles. The van der Waals surface area contributed by atoms with Crippen molar-refractivity contribution in [3.8, 4) is 0 Å². The highest BCUT2D eigenvalue weighted by Crippen LogP contribution is 2.47. The molecule has 44 heavy (non-hydrogen) atoms. The topological polar surface area (TPSA) is 153 Å². The maximum atomic E-state index is 12.8. The number of fused-ring (bicyclic) bond motifs is 1. The maximum Gasteiger partial charge on any atom is 0.332 e. The van der Waals surface area contributed by atoms with Gasteiger partial charge in [0.05, 0.1) is 44.2 Å². The first-order valence-electron chi connectivity index (χ1n) is 14.2. The maximum absolute atomic E-state index is 12.8. The Labute approximate surface area is 260 Å². The summed E-state index contributed by atoms with van der Waals surface area (Å²) in [6, 6.07) is 9.84. The summed E-state index contributed by atoms with van der Waals surface area (Å²) >= 11 is 6.37. The van der Waals surface area contributed by atoms with Crippen LogP contribution in [0.4, 0.5) is 5.82 Å². The van der Waals surface area contributed by atoms with Crippen LogP contribution in [0.15, 0.2) is 36.5 Å². The molecule has 1 saturated heterocycles. The Hall–Kier alpha value is -3.13. The Morgan fingerprint density at radius 3 is 2.34 bits per heavy atom. The van der Waals surface area contributed by atoms with Gasteiger partial charge in [-0.15, -0.1) is 0 Å². The molecule has 16 heteroatoms. The molecule has 0 N–H and O–H groups in total. The Bertz CT molecular complexity index is 1470. The van der Waals surface area contributed by atoms with Gasteiger partial charge in [-0.3, -0.25) is 14.2 Å². The minimum atomic E-state index is -3.33. The quantitative estimate of drug-likeness (QED) is 0.0999. The fraction of sp³-hybridized carbons (Fsp3) is 0.536. The summed E-state index contributed by atoms with van der Waals surface area (Å²) in [5.41, 5.74) is 1.38. The van der Waals surface area contributed by atoms with Gasteiger partial charge in [-0.25, -0.2) is 4.68 Å². The van der Waals surface area contributed by atoms with Gasteiger partial charge in [0.15, 0.2) is 24.1 Å². The van der Waals surface area contributed by atoms with Crippen LogP contribution >= 0.6 is 19.2 Å². The Morgan fingerprint density at radius 2 is 1.70 bits per heavy atom. The van der Waals surface area contributed by atoms with E-state index >= 15 is 0 Å². The van der Waals surface area contributed by atoms with Crippen molar-refractivity contribution < 1.29 is 42.1 Å². The van der Waals surface area contributed by atoms with Crippen LogP contribution in [-0.4, -0.2) is 89.6 Å². The van der Waals surface area contributed by atoms with Crippen molar-refractivity contribution in [2.45, 2.75) is 58.8 Å². The van der Waals surface area contributed by atoms with Gasteiger partial charge in [0.25, 0.3) is 0 Å². The molecule has 240 valence electrons. The lowest BCUT2D eigenvalue weighted by atomic mass is 10.1. The second-order valence-corrected chi connectivity index (χ2v) is 12.5. The van der Waals surface area contributed by atoms with Gasteiger partial charge in [-0.2, -0.15) is 15.1 Å². The fourth-order valence-electron chi connectivity index (χ4n) is 4.92. The van der Waals surface area contributed by atoms with Gasteiger partial charge in [-0.05, 0) is 31.0 Å². The van der Waals surface area contributed by atoms with Gasteiger partial charge >= 0.3 is 19.5 Å². The van der Waals surface area contributed by atoms with Crippen LogP contribution in [-0.2, 0) is 48.7 Å². The molecule has 1 aliphatic rings. The summed E-state index contributed by atoms with van der Waals surface area (Å²) in [6.45, 7) is 6.82. The van der Waals surface area contributed by atoms with Crippen molar-refractivity contribution in [1.82, 2.24) is 19.7 Å². The molecule has 0 aliphatic carbocycles. The zero-order chi connectivity index (χ0) is 31.9. The molecule has 0 amide bonds. The van der Waals surface area contributed by atoms with Crippen molar-refractivity contribution in [2.24, 2.45) is 0 Å². The minimum absolute atomic E-state index is 0.00885. The summed E-state index contributed by atoms with van der Waals surface area (Å²) in [5, 5.41) is 5.05. The van der Waals surface area contributed by atoms with Crippen LogP contribution < -0.4 is 4.90 Å². The van der Waals surface area contributed by atoms with Crippen molar-refractivity contribution in [1.29, 1.82) is 0 Å². The molecule has 0 radical (unpaired) electrons. The summed E-state index contributed by atoms with van der Waals surface area (Å²) < 4.78 is 48.1. The van der Waals surface area contributed by atoms with E-state index in [2.05, 4.69) is 15.1 Å². The summed E-state index contributed by atoms with van der Waals surface area (Å²) in [7, 11) is -1.46. The van der Waals surface area contributed by atoms with Crippen molar-refractivity contribution >= 4 is 48.0 Å². The van der Waals surface area contributed by atoms with E-state index in [1.807, 2.05) is 42.3 Å². The molecule has 1 aliphatic heterocycles. The van der Waals surface area contributed by atoms with Gasteiger partial charge in [-0.1, -0.05) is 30.3 Å². The lowest BCUT2D eigenvalue weighted by Crippen LogP contribution is -2.40. The number of halogens is 1. The molecule has 4 rings (SSSR count). The zero-order valence-electron chi connectivity index (χ0n) is 25.3. The Kier molecular flexibility index (Phi) is 11.7. The second kappa shape index (κ2) is 15.2. The molecule has 3 aromatic rings. The number of carbonyl (C=O) groups is 2. The van der Waals surface area contributed by atoms with Crippen LogP contribution in [0.1, 0.15) is 39.5 Å². The number of nitrogens with zero attached hydrogens (tertiary/aromatic N) is 5. The van der Waals surface area contributed by atoms with Gasteiger partial charge in [0, 0.05) is 27.4 Å². The smallest absolute Gasteiger partial charge is 0.332 e. The Morgan fingerprint density at radius 1 is 1.05 bits per heavy atom. The molecule has 1 aromatic carbocycles. The lowest BCUT2D eigenvalue weighted by molar-refractivity contribution is -0.166. The van der Waals surface area contributed by atoms with Gasteiger partial charge in [0.2, 0.25) is 5.28 Å². The predicted octanol–water partition coefficient (Wildman–Crippen LogP) is 4.16. The van der Waals surface area contributed by atoms with E-state index in [-0.39, 0.29) is 37.9 Å². The molecule has 0 spiro atoms. The average molecular weight is 654 g/mol. The second-order valence-electron chi connectivity index (χ2n) is 9.94. The molecule has 1 fully saturated rings. The molecule has 0 bridgehead atoms. The fourth-order valence-corrected chi connectivity index (χ4v) is 6.55. The van der Waals surface area contributed by atoms with E-state index in [4.69, 9.17) is 39.6 Å². The van der Waals surface area contributed by atoms with Crippen LogP contribution in [0.2, 0.25) is 5.28 Å². The molecule has 14 nitrogen and oxygen atoms in total. The predicted molar refractivity (Wildman–Crippen MR) is 160 cm³/mol. The van der Waals surface area contributed by atoms with Crippen molar-refractivity contribution in [2.75, 3.05) is 44.5 Å². The molecule has 1 unspecified atom stereocenters. The van der Waals surface area contributed by atoms with Crippen molar-refractivity contribution in [3.63, 3.8) is 0 Å². The number of hydrogen-bond donors (Lipinski definition) is 0. The SMILES string of the molecule is CCOP(=O)(CCOC[C@H]1OC(n2ncc3c(N(C)Cc4ccccc4)nc(Cl)nc32)[C@H](OC(C)=O)[C@@H]1OC(C)=O)OCC. The van der Waals surface area contributed by atoms with E-state index in [9.17, 15) is 14.2 Å². The lowest BCUT2D eigenvalue weighted by Gasteiger charge is -2.24. The third-order valence-electron chi connectivity index (χ3n) is 6.60. The van der Waals surface area contributed by atoms with E-state index in [1.165, 1.54) is 18.5 Å². The van der Waals surface area contributed by atoms with Crippen LogP contribution in [0, 0.1) is 0 Å². The highest BCUT2D eigenvalue weighted by Gasteiger charge is 2.51. The third-order valence-corrected chi connectivity index (χ3v) is 8.81. The number of aromatic nitrogens is 4. The third kappa shape index (κ3) is 8.32. The molecule has 3 heterocycles. The van der Waals surface area contributed by atoms with E-state index in [0.29, 0.717) is 23.4 Å². The first-order valence-corrected chi connectivity index (χ1v) is 16.3. The van der Waals surface area contributed by atoms with Crippen molar-refractivity contribution in [3.05, 3.63) is 47.4 Å². The van der Waals surface area contributed by atoms with Crippen LogP contribution in [0.25, 0.3) is 11.0 Å². The monoisotopic (exact) mass is 653 g/mol. The highest BCUT2D eigenvalue weighted by molar-refractivity contribution is 7.53. The van der Waals surface area contributed by atoms with E-state index < -0.39 is 44.1 Å². The van der Waals surface area contributed by atoms with Crippen LogP contribution in [0.3, 0.4) is 0 Å². The number of anilines is 1.